The van der Waals surface area contributed by atoms with Crippen LogP contribution in [0.4, 0.5) is 10.5 Å². The van der Waals surface area contributed by atoms with Crippen molar-refractivity contribution >= 4 is 33.6 Å². The lowest BCUT2D eigenvalue weighted by Gasteiger charge is -2.27. The van der Waals surface area contributed by atoms with Crippen molar-refractivity contribution in [3.63, 3.8) is 0 Å². The number of nitrogens with zero attached hydrogens (tertiary/aromatic N) is 2. The first-order chi connectivity index (χ1) is 16.0. The number of amides is 3. The highest BCUT2D eigenvalue weighted by molar-refractivity contribution is 9.10. The predicted molar refractivity (Wildman–Crippen MR) is 131 cm³/mol. The zero-order valence-corrected chi connectivity index (χ0v) is 20.4. The monoisotopic (exact) mass is 513 g/mol. The number of rotatable bonds is 10. The minimum Gasteiger partial charge on any atom is -0.464 e. The Bertz CT molecular complexity index is 1050. The minimum atomic E-state index is -0.374. The van der Waals surface area contributed by atoms with E-state index in [1.54, 1.807) is 18.1 Å². The van der Waals surface area contributed by atoms with Crippen molar-refractivity contribution in [3.8, 4) is 0 Å². The normalized spacial score (nSPS) is 10.6. The summed E-state index contributed by atoms with van der Waals surface area (Å²) in [6.45, 7) is 3.08. The van der Waals surface area contributed by atoms with Crippen molar-refractivity contribution < 1.29 is 18.7 Å². The van der Waals surface area contributed by atoms with Crippen LogP contribution in [-0.2, 0) is 22.6 Å². The van der Waals surface area contributed by atoms with Crippen LogP contribution in [0.15, 0.2) is 75.6 Å². The second-order valence-electron chi connectivity index (χ2n) is 7.57. The molecule has 3 aromatic rings. The van der Waals surface area contributed by atoms with Crippen molar-refractivity contribution in [2.45, 2.75) is 20.0 Å². The maximum atomic E-state index is 13.4. The predicted octanol–water partition coefficient (Wildman–Crippen LogP) is 5.06. The molecule has 3 rings (SSSR count). The number of carbonyl (C=O) groups is 2. The van der Waals surface area contributed by atoms with E-state index in [1.165, 1.54) is 4.90 Å². The minimum absolute atomic E-state index is 0.0911. The third-order valence-electron chi connectivity index (χ3n) is 5.01. The van der Waals surface area contributed by atoms with E-state index in [1.807, 2.05) is 67.6 Å². The molecule has 3 amide bonds. The number of hydrogen-bond acceptors (Lipinski definition) is 4. The van der Waals surface area contributed by atoms with Gasteiger partial charge in [0.2, 0.25) is 5.91 Å². The third-order valence-corrected chi connectivity index (χ3v) is 5.70. The van der Waals surface area contributed by atoms with E-state index in [2.05, 4.69) is 21.2 Å². The van der Waals surface area contributed by atoms with E-state index in [9.17, 15) is 9.59 Å². The molecule has 0 saturated heterocycles. The molecule has 174 valence electrons. The molecule has 0 radical (unpaired) electrons. The molecule has 0 fully saturated rings. The van der Waals surface area contributed by atoms with Crippen molar-refractivity contribution in [2.75, 3.05) is 32.1 Å². The number of hydrogen-bond donors (Lipinski definition) is 1. The van der Waals surface area contributed by atoms with Gasteiger partial charge in [-0.05, 0) is 52.7 Å². The molecule has 0 saturated carbocycles. The summed E-state index contributed by atoms with van der Waals surface area (Å²) in [7, 11) is 1.56. The average molecular weight is 514 g/mol. The lowest BCUT2D eigenvalue weighted by molar-refractivity contribution is -0.133. The van der Waals surface area contributed by atoms with Crippen molar-refractivity contribution in [1.82, 2.24) is 9.80 Å². The molecule has 1 heterocycles. The van der Waals surface area contributed by atoms with E-state index in [0.29, 0.717) is 31.1 Å². The van der Waals surface area contributed by atoms with Gasteiger partial charge in [-0.2, -0.15) is 0 Å². The summed E-state index contributed by atoms with van der Waals surface area (Å²) in [6.07, 6.45) is 0. The molecule has 0 spiro atoms. The van der Waals surface area contributed by atoms with Crippen molar-refractivity contribution in [1.29, 1.82) is 0 Å². The number of nitrogens with one attached hydrogen (secondary N) is 1. The topological polar surface area (TPSA) is 75.0 Å². The lowest BCUT2D eigenvalue weighted by atomic mass is 10.2. The molecule has 0 aliphatic rings. The SMILES string of the molecule is COCCN(CC(=O)N(Cc1ccccc1)Cc1ccc(C)o1)C(=O)Nc1ccccc1Br. The van der Waals surface area contributed by atoms with E-state index < -0.39 is 0 Å². The number of para-hydroxylation sites is 1. The van der Waals surface area contributed by atoms with Crippen LogP contribution in [-0.4, -0.2) is 48.5 Å². The van der Waals surface area contributed by atoms with Gasteiger partial charge in [0, 0.05) is 24.7 Å². The van der Waals surface area contributed by atoms with Crippen LogP contribution >= 0.6 is 15.9 Å². The quantitative estimate of drug-likeness (QED) is 0.411. The van der Waals surface area contributed by atoms with Gasteiger partial charge in [-0.1, -0.05) is 42.5 Å². The molecule has 0 unspecified atom stereocenters. The number of carbonyl (C=O) groups excluding carboxylic acids is 2. The van der Waals surface area contributed by atoms with Crippen LogP contribution in [0.3, 0.4) is 0 Å². The highest BCUT2D eigenvalue weighted by atomic mass is 79.9. The first kappa shape index (κ1) is 24.5. The van der Waals surface area contributed by atoms with Crippen LogP contribution in [0.1, 0.15) is 17.1 Å². The van der Waals surface area contributed by atoms with E-state index >= 15 is 0 Å². The summed E-state index contributed by atoms with van der Waals surface area (Å²) >= 11 is 3.43. The van der Waals surface area contributed by atoms with Gasteiger partial charge in [-0.25, -0.2) is 4.79 Å². The number of anilines is 1. The Morgan fingerprint density at radius 1 is 0.970 bits per heavy atom. The maximum Gasteiger partial charge on any atom is 0.322 e. The molecular weight excluding hydrogens is 486 g/mol. The molecule has 0 bridgehead atoms. The Morgan fingerprint density at radius 3 is 2.36 bits per heavy atom. The van der Waals surface area contributed by atoms with E-state index in [-0.39, 0.29) is 25.0 Å². The summed E-state index contributed by atoms with van der Waals surface area (Å²) in [5, 5.41) is 2.86. The molecule has 0 aliphatic heterocycles. The van der Waals surface area contributed by atoms with Crippen LogP contribution in [0, 0.1) is 6.92 Å². The zero-order chi connectivity index (χ0) is 23.6. The van der Waals surface area contributed by atoms with E-state index in [4.69, 9.17) is 9.15 Å². The zero-order valence-electron chi connectivity index (χ0n) is 18.8. The van der Waals surface area contributed by atoms with Gasteiger partial charge in [0.15, 0.2) is 0 Å². The highest BCUT2D eigenvalue weighted by Gasteiger charge is 2.23. The fourth-order valence-electron chi connectivity index (χ4n) is 3.27. The molecule has 2 aromatic carbocycles. The molecule has 8 heteroatoms. The average Bonchev–Trinajstić information content (AvgIpc) is 3.22. The summed E-state index contributed by atoms with van der Waals surface area (Å²) < 4.78 is 11.6. The fourth-order valence-corrected chi connectivity index (χ4v) is 3.65. The van der Waals surface area contributed by atoms with Crippen molar-refractivity contribution in [3.05, 3.63) is 88.3 Å². The number of aryl methyl sites for hydroxylation is 1. The molecule has 0 atom stereocenters. The van der Waals surface area contributed by atoms with Crippen LogP contribution < -0.4 is 5.32 Å². The summed E-state index contributed by atoms with van der Waals surface area (Å²) in [4.78, 5) is 29.5. The van der Waals surface area contributed by atoms with Crippen LogP contribution in [0.25, 0.3) is 0 Å². The van der Waals surface area contributed by atoms with Gasteiger partial charge >= 0.3 is 6.03 Å². The number of ether oxygens (including phenoxy) is 1. The summed E-state index contributed by atoms with van der Waals surface area (Å²) in [5.74, 6) is 1.29. The number of furan rings is 1. The largest absolute Gasteiger partial charge is 0.464 e. The Kier molecular flexibility index (Phi) is 9.09. The second kappa shape index (κ2) is 12.2. The smallest absolute Gasteiger partial charge is 0.322 e. The van der Waals surface area contributed by atoms with Gasteiger partial charge in [-0.3, -0.25) is 4.79 Å². The number of methoxy groups -OCH3 is 1. The molecule has 7 nitrogen and oxygen atoms in total. The number of benzene rings is 2. The Labute approximate surface area is 202 Å². The van der Waals surface area contributed by atoms with Gasteiger partial charge in [0.05, 0.1) is 18.8 Å². The van der Waals surface area contributed by atoms with Crippen LogP contribution in [0.5, 0.6) is 0 Å². The third kappa shape index (κ3) is 7.47. The molecular formula is C25H28BrN3O4. The first-order valence-electron chi connectivity index (χ1n) is 10.6. The lowest BCUT2D eigenvalue weighted by Crippen LogP contribution is -2.45. The molecule has 33 heavy (non-hydrogen) atoms. The first-order valence-corrected chi connectivity index (χ1v) is 11.4. The van der Waals surface area contributed by atoms with Crippen LogP contribution in [0.2, 0.25) is 0 Å². The standard InChI is InChI=1S/C25H28BrN3O4/c1-19-12-13-21(33-19)17-29(16-20-8-4-3-5-9-20)24(30)18-28(14-15-32-2)25(31)27-23-11-7-6-10-22(23)26/h3-13H,14-18H2,1-2H3,(H,27,31). The number of urea groups is 1. The molecule has 1 aromatic heterocycles. The summed E-state index contributed by atoms with van der Waals surface area (Å²) in [6, 6.07) is 20.4. The highest BCUT2D eigenvalue weighted by Crippen LogP contribution is 2.21. The van der Waals surface area contributed by atoms with Crippen molar-refractivity contribution in [2.24, 2.45) is 0 Å². The second-order valence-corrected chi connectivity index (χ2v) is 8.43. The molecule has 0 aliphatic carbocycles. The summed E-state index contributed by atoms with van der Waals surface area (Å²) in [5.41, 5.74) is 1.62. The Balaban J connectivity index is 1.76. The number of halogens is 1. The Morgan fingerprint density at radius 2 is 1.70 bits per heavy atom. The molecule has 1 N–H and O–H groups in total. The van der Waals surface area contributed by atoms with Gasteiger partial charge in [0.25, 0.3) is 0 Å². The fraction of sp³-hybridized carbons (Fsp3) is 0.280. The Hall–Kier alpha value is -3.10. The van der Waals surface area contributed by atoms with Gasteiger partial charge in [-0.15, -0.1) is 0 Å². The van der Waals surface area contributed by atoms with E-state index in [0.717, 1.165) is 15.8 Å². The van der Waals surface area contributed by atoms with Gasteiger partial charge in [0.1, 0.15) is 18.1 Å². The maximum absolute atomic E-state index is 13.4. The van der Waals surface area contributed by atoms with Gasteiger partial charge < -0.3 is 24.3 Å².